The molecule has 7 heteroatoms. The van der Waals surface area contributed by atoms with Crippen LogP contribution in [0.1, 0.15) is 21.5 Å². The van der Waals surface area contributed by atoms with E-state index in [4.69, 9.17) is 0 Å². The smallest absolute Gasteiger partial charge is 0.217 e. The van der Waals surface area contributed by atoms with E-state index < -0.39 is 0 Å². The lowest BCUT2D eigenvalue weighted by molar-refractivity contribution is 0.103. The zero-order chi connectivity index (χ0) is 19.8. The van der Waals surface area contributed by atoms with Crippen molar-refractivity contribution >= 4 is 44.1 Å². The Morgan fingerprint density at radius 1 is 0.931 bits per heavy atom. The van der Waals surface area contributed by atoms with Crippen molar-refractivity contribution in [3.05, 3.63) is 95.3 Å². The van der Waals surface area contributed by atoms with Gasteiger partial charge in [0, 0.05) is 16.9 Å². The summed E-state index contributed by atoms with van der Waals surface area (Å²) >= 11 is 3.23. The van der Waals surface area contributed by atoms with E-state index in [0.29, 0.717) is 11.1 Å². The Labute approximate surface area is 174 Å². The first-order chi connectivity index (χ1) is 14.2. The third kappa shape index (κ3) is 3.43. The van der Waals surface area contributed by atoms with Gasteiger partial charge in [-0.05, 0) is 42.0 Å². The van der Waals surface area contributed by atoms with Crippen LogP contribution in [0, 0.1) is 5.82 Å². The van der Waals surface area contributed by atoms with Crippen LogP contribution < -0.4 is 0 Å². The molecule has 2 aromatic heterocycles. The van der Waals surface area contributed by atoms with Crippen molar-refractivity contribution in [3.8, 4) is 0 Å². The van der Waals surface area contributed by atoms with Gasteiger partial charge < -0.3 is 0 Å². The zero-order valence-electron chi connectivity index (χ0n) is 15.1. The van der Waals surface area contributed by atoms with Crippen molar-refractivity contribution in [2.45, 2.75) is 10.9 Å². The fourth-order valence-corrected chi connectivity index (χ4v) is 5.04. The molecule has 0 aliphatic heterocycles. The number of carbonyl (C=O) groups is 1. The summed E-state index contributed by atoms with van der Waals surface area (Å²) in [5, 5.41) is 9.45. The van der Waals surface area contributed by atoms with Crippen LogP contribution >= 0.6 is 23.1 Å². The van der Waals surface area contributed by atoms with Crippen LogP contribution in [0.5, 0.6) is 0 Å². The van der Waals surface area contributed by atoms with E-state index in [-0.39, 0.29) is 11.6 Å². The first-order valence-corrected chi connectivity index (χ1v) is 10.7. The molecule has 29 heavy (non-hydrogen) atoms. The van der Waals surface area contributed by atoms with Crippen LogP contribution in [0.25, 0.3) is 15.2 Å². The Morgan fingerprint density at radius 2 is 1.62 bits per heavy atom. The number of ketones is 1. The predicted molar refractivity (Wildman–Crippen MR) is 114 cm³/mol. The van der Waals surface area contributed by atoms with Gasteiger partial charge in [0.05, 0.1) is 10.2 Å². The van der Waals surface area contributed by atoms with Crippen molar-refractivity contribution in [2.24, 2.45) is 0 Å². The van der Waals surface area contributed by atoms with E-state index >= 15 is 0 Å². The van der Waals surface area contributed by atoms with Crippen molar-refractivity contribution in [1.29, 1.82) is 0 Å². The molecule has 0 atom stereocenters. The van der Waals surface area contributed by atoms with Crippen molar-refractivity contribution in [2.75, 3.05) is 0 Å². The van der Waals surface area contributed by atoms with Crippen LogP contribution in [0.2, 0.25) is 0 Å². The summed E-state index contributed by atoms with van der Waals surface area (Å²) in [7, 11) is 0. The molecule has 0 N–H and O–H groups in total. The van der Waals surface area contributed by atoms with Gasteiger partial charge in [0.2, 0.25) is 4.96 Å². The van der Waals surface area contributed by atoms with Gasteiger partial charge in [-0.25, -0.2) is 4.39 Å². The number of fused-ring (bicyclic) bond motifs is 3. The maximum atomic E-state index is 13.0. The van der Waals surface area contributed by atoms with Crippen LogP contribution in [0.4, 0.5) is 4.39 Å². The second-order valence-electron chi connectivity index (χ2n) is 6.49. The Bertz CT molecular complexity index is 1320. The molecule has 0 aliphatic carbocycles. The standard InChI is InChI=1S/C22H14FN3OS2/c23-17-11-9-16(10-12-17)20(27)15-7-5-14(6-8-15)13-28-21-24-25-22-26(21)18-3-1-2-4-19(18)29-22/h1-12H,13H2. The Hall–Kier alpha value is -3.03. The molecule has 0 bridgehead atoms. The monoisotopic (exact) mass is 419 g/mol. The highest BCUT2D eigenvalue weighted by molar-refractivity contribution is 7.98. The maximum Gasteiger partial charge on any atom is 0.217 e. The second-order valence-corrected chi connectivity index (χ2v) is 8.44. The number of benzene rings is 3. The van der Waals surface area contributed by atoms with Gasteiger partial charge in [0.1, 0.15) is 5.82 Å². The number of thiazole rings is 1. The summed E-state index contributed by atoms with van der Waals surface area (Å²) in [5.74, 6) is 0.249. The molecule has 0 radical (unpaired) electrons. The van der Waals surface area contributed by atoms with Gasteiger partial charge in [-0.3, -0.25) is 9.20 Å². The van der Waals surface area contributed by atoms with E-state index in [2.05, 4.69) is 26.7 Å². The summed E-state index contributed by atoms with van der Waals surface area (Å²) in [5.41, 5.74) is 3.25. The second kappa shape index (κ2) is 7.42. The molecule has 4 nitrogen and oxygen atoms in total. The number of aromatic nitrogens is 3. The third-order valence-electron chi connectivity index (χ3n) is 4.60. The fraction of sp³-hybridized carbons (Fsp3) is 0.0455. The van der Waals surface area contributed by atoms with E-state index in [9.17, 15) is 9.18 Å². The minimum Gasteiger partial charge on any atom is -0.289 e. The van der Waals surface area contributed by atoms with Crippen LogP contribution in [-0.2, 0) is 5.75 Å². The largest absolute Gasteiger partial charge is 0.289 e. The number of rotatable bonds is 5. The van der Waals surface area contributed by atoms with Crippen molar-refractivity contribution in [1.82, 2.24) is 14.6 Å². The Balaban J connectivity index is 1.33. The number of nitrogens with zero attached hydrogens (tertiary/aromatic N) is 3. The number of thioether (sulfide) groups is 1. The number of halogens is 1. The van der Waals surface area contributed by atoms with Gasteiger partial charge in [0.15, 0.2) is 10.9 Å². The van der Waals surface area contributed by atoms with Gasteiger partial charge in [-0.1, -0.05) is 59.5 Å². The van der Waals surface area contributed by atoms with E-state index in [1.165, 1.54) is 29.0 Å². The molecule has 0 spiro atoms. The molecular formula is C22H14FN3OS2. The number of carbonyl (C=O) groups excluding carboxylic acids is 1. The number of hydrogen-bond acceptors (Lipinski definition) is 5. The lowest BCUT2D eigenvalue weighted by Gasteiger charge is -2.04. The quantitative estimate of drug-likeness (QED) is 0.275. The molecule has 0 amide bonds. The molecular weight excluding hydrogens is 405 g/mol. The lowest BCUT2D eigenvalue weighted by Crippen LogP contribution is -2.01. The highest BCUT2D eigenvalue weighted by atomic mass is 32.2. The normalized spacial score (nSPS) is 11.3. The van der Waals surface area contributed by atoms with Gasteiger partial charge >= 0.3 is 0 Å². The summed E-state index contributed by atoms with van der Waals surface area (Å²) < 4.78 is 16.3. The average molecular weight is 420 g/mol. The fourth-order valence-electron chi connectivity index (χ4n) is 3.12. The molecule has 2 heterocycles. The topological polar surface area (TPSA) is 47.3 Å². The summed E-state index contributed by atoms with van der Waals surface area (Å²) in [6.07, 6.45) is 0. The van der Waals surface area contributed by atoms with E-state index in [1.807, 2.05) is 24.3 Å². The third-order valence-corrected chi connectivity index (χ3v) is 6.61. The molecule has 3 aromatic carbocycles. The maximum absolute atomic E-state index is 13.0. The van der Waals surface area contributed by atoms with Gasteiger partial charge in [-0.2, -0.15) is 0 Å². The highest BCUT2D eigenvalue weighted by Crippen LogP contribution is 2.30. The van der Waals surface area contributed by atoms with Gasteiger partial charge in [-0.15, -0.1) is 10.2 Å². The molecule has 5 rings (SSSR count). The Kier molecular flexibility index (Phi) is 4.61. The van der Waals surface area contributed by atoms with Gasteiger partial charge in [0.25, 0.3) is 0 Å². The summed E-state index contributed by atoms with van der Waals surface area (Å²) in [4.78, 5) is 13.4. The van der Waals surface area contributed by atoms with E-state index in [1.54, 1.807) is 35.2 Å². The predicted octanol–water partition coefficient (Wildman–Crippen LogP) is 5.61. The van der Waals surface area contributed by atoms with E-state index in [0.717, 1.165) is 27.0 Å². The van der Waals surface area contributed by atoms with Crippen molar-refractivity contribution < 1.29 is 9.18 Å². The molecule has 0 saturated heterocycles. The average Bonchev–Trinajstić information content (AvgIpc) is 3.32. The summed E-state index contributed by atoms with van der Waals surface area (Å²) in [6.45, 7) is 0. The van der Waals surface area contributed by atoms with Crippen LogP contribution in [-0.4, -0.2) is 20.4 Å². The molecule has 5 aromatic rings. The SMILES string of the molecule is O=C(c1ccc(F)cc1)c1ccc(CSc2nnc3sc4ccccc4n23)cc1. The Morgan fingerprint density at radius 3 is 2.38 bits per heavy atom. The molecule has 0 unspecified atom stereocenters. The first kappa shape index (κ1) is 18.0. The van der Waals surface area contributed by atoms with Crippen LogP contribution in [0.15, 0.2) is 78.0 Å². The lowest BCUT2D eigenvalue weighted by atomic mass is 10.0. The molecule has 142 valence electrons. The summed E-state index contributed by atoms with van der Waals surface area (Å²) in [6, 6.07) is 21.3. The number of para-hydroxylation sites is 1. The minimum atomic E-state index is -0.352. The van der Waals surface area contributed by atoms with Crippen LogP contribution in [0.3, 0.4) is 0 Å². The zero-order valence-corrected chi connectivity index (χ0v) is 16.7. The molecule has 0 fully saturated rings. The number of hydrogen-bond donors (Lipinski definition) is 0. The minimum absolute atomic E-state index is 0.117. The first-order valence-electron chi connectivity index (χ1n) is 8.94. The molecule has 0 saturated carbocycles. The molecule has 0 aliphatic rings. The van der Waals surface area contributed by atoms with Crippen molar-refractivity contribution in [3.63, 3.8) is 0 Å². The highest BCUT2D eigenvalue weighted by Gasteiger charge is 2.13.